The molecule has 10 atom stereocenters. The summed E-state index contributed by atoms with van der Waals surface area (Å²) in [6, 6.07) is 0.176. The van der Waals surface area contributed by atoms with Crippen molar-refractivity contribution in [3.05, 3.63) is 0 Å². The zero-order chi connectivity index (χ0) is 45.0. The number of carbonyl (C=O) groups is 4. The van der Waals surface area contributed by atoms with E-state index in [-0.39, 0.29) is 91.2 Å². The van der Waals surface area contributed by atoms with Crippen LogP contribution in [0.15, 0.2) is 0 Å². The third-order valence-corrected chi connectivity index (χ3v) is 9.68. The number of carbonyl (C=O) groups excluding carboxylic acids is 4. The number of aliphatic hydroxyl groups is 3. The van der Waals surface area contributed by atoms with Crippen molar-refractivity contribution in [2.75, 3.05) is 33.0 Å². The zero-order valence-corrected chi connectivity index (χ0v) is 39.3. The van der Waals surface area contributed by atoms with Crippen LogP contribution in [-0.4, -0.2) is 132 Å². The third-order valence-electron chi connectivity index (χ3n) is 9.68. The van der Waals surface area contributed by atoms with E-state index in [1.165, 1.54) is 0 Å². The van der Waals surface area contributed by atoms with Gasteiger partial charge >= 0.3 is 17.9 Å². The Morgan fingerprint density at radius 3 is 1.23 bits per heavy atom. The highest BCUT2D eigenvalue weighted by Gasteiger charge is 2.29. The topological polar surface area (TPSA) is 220 Å². The van der Waals surface area contributed by atoms with Gasteiger partial charge in [-0.05, 0) is 145 Å². The number of nitrogens with two attached hydrogens (primary N) is 1. The summed E-state index contributed by atoms with van der Waals surface area (Å²) in [4.78, 5) is 45.2. The van der Waals surface area contributed by atoms with Crippen molar-refractivity contribution in [3.63, 3.8) is 0 Å². The molecule has 0 radical (unpaired) electrons. The molecule has 0 aromatic heterocycles. The Balaban J connectivity index is 0.000000780. The first-order chi connectivity index (χ1) is 27.3. The van der Waals surface area contributed by atoms with Crippen molar-refractivity contribution in [2.45, 2.75) is 206 Å². The third kappa shape index (κ3) is 28.6. The van der Waals surface area contributed by atoms with Gasteiger partial charge in [-0.1, -0.05) is 0 Å². The van der Waals surface area contributed by atoms with Gasteiger partial charge in [-0.2, -0.15) is 0 Å². The van der Waals surface area contributed by atoms with E-state index in [4.69, 9.17) is 49.1 Å². The first-order valence-electron chi connectivity index (χ1n) is 21.6. The summed E-state index contributed by atoms with van der Waals surface area (Å²) in [5.41, 5.74) is 4.32. The molecule has 4 rings (SSSR count). The average Bonchev–Trinajstić information content (AvgIpc) is 3.11. The normalized spacial score (nSPS) is 28.1. The predicted octanol–water partition coefficient (Wildman–Crippen LogP) is 5.41. The molecule has 15 nitrogen and oxygen atoms in total. The lowest BCUT2D eigenvalue weighted by molar-refractivity contribution is -0.159. The highest BCUT2D eigenvalue weighted by molar-refractivity contribution is 5.85. The minimum atomic E-state index is -0.433. The van der Waals surface area contributed by atoms with Crippen LogP contribution < -0.4 is 5.73 Å². The molecule has 4 aliphatic heterocycles. The van der Waals surface area contributed by atoms with Crippen LogP contribution in [0.25, 0.3) is 0 Å². The van der Waals surface area contributed by atoms with E-state index in [9.17, 15) is 24.3 Å². The lowest BCUT2D eigenvalue weighted by atomic mass is 9.94. The molecule has 354 valence electrons. The zero-order valence-electron chi connectivity index (χ0n) is 38.5. The predicted molar refractivity (Wildman–Crippen MR) is 229 cm³/mol. The summed E-state index contributed by atoms with van der Waals surface area (Å²) in [5.74, 6) is 0.124. The number of aliphatic hydroxyl groups excluding tert-OH is 3. The van der Waals surface area contributed by atoms with Gasteiger partial charge in [0.15, 0.2) is 0 Å². The van der Waals surface area contributed by atoms with E-state index in [2.05, 4.69) is 0 Å². The van der Waals surface area contributed by atoms with Gasteiger partial charge in [0.1, 0.15) is 29.2 Å². The van der Waals surface area contributed by atoms with Crippen LogP contribution in [0.5, 0.6) is 0 Å². The molecule has 0 aromatic carbocycles. The number of ether oxygens (including phenoxy) is 7. The summed E-state index contributed by atoms with van der Waals surface area (Å²) in [5, 5.41) is 27.4. The Morgan fingerprint density at radius 2 is 0.967 bits per heavy atom. The molecule has 0 aliphatic carbocycles. The van der Waals surface area contributed by atoms with E-state index in [0.717, 1.165) is 51.2 Å². The van der Waals surface area contributed by atoms with Crippen LogP contribution in [0.1, 0.15) is 147 Å². The molecule has 60 heavy (non-hydrogen) atoms. The molecule has 4 heterocycles. The van der Waals surface area contributed by atoms with Crippen molar-refractivity contribution in [1.29, 1.82) is 0 Å². The molecule has 4 fully saturated rings. The van der Waals surface area contributed by atoms with Crippen LogP contribution in [-0.2, 0) is 52.3 Å². The van der Waals surface area contributed by atoms with Gasteiger partial charge in [0, 0.05) is 6.04 Å². The fourth-order valence-electron chi connectivity index (χ4n) is 6.66. The smallest absolute Gasteiger partial charge is 0.306 e. The minimum Gasteiger partial charge on any atom is -0.460 e. The van der Waals surface area contributed by atoms with Gasteiger partial charge in [0.25, 0.3) is 0 Å². The quantitative estimate of drug-likeness (QED) is 0.123. The van der Waals surface area contributed by atoms with Crippen LogP contribution in [0.4, 0.5) is 0 Å². The number of halogens is 1. The van der Waals surface area contributed by atoms with E-state index in [1.54, 1.807) is 13.8 Å². The van der Waals surface area contributed by atoms with Crippen LogP contribution >= 0.6 is 12.4 Å². The SMILES string of the molecule is CC(C)(C)OC(=O)C[C@@H]1CC[C@@H](C=O)OC1.CC(C)(C)OC(=O)C[C@@H]1CC[C@@H](CO)OC1.CC(O)[C@@H]1CC[C@@H](CC(=O)OC(C)(C)C)CO1.CC(O)[C@@H]1CC[C@@H](N)CO1.Cl. The van der Waals surface area contributed by atoms with Crippen molar-refractivity contribution in [3.8, 4) is 0 Å². The first-order valence-corrected chi connectivity index (χ1v) is 21.6. The van der Waals surface area contributed by atoms with Gasteiger partial charge in [-0.3, -0.25) is 14.4 Å². The fourth-order valence-corrected chi connectivity index (χ4v) is 6.66. The highest BCUT2D eigenvalue weighted by Crippen LogP contribution is 2.26. The Labute approximate surface area is 366 Å². The monoisotopic (exact) mass is 884 g/mol. The lowest BCUT2D eigenvalue weighted by Gasteiger charge is -2.30. The van der Waals surface area contributed by atoms with E-state index in [0.29, 0.717) is 52.1 Å². The molecule has 0 aromatic rings. The minimum absolute atomic E-state index is 0. The largest absolute Gasteiger partial charge is 0.460 e. The van der Waals surface area contributed by atoms with E-state index in [1.807, 2.05) is 62.3 Å². The van der Waals surface area contributed by atoms with Crippen LogP contribution in [0.2, 0.25) is 0 Å². The Hall–Kier alpha value is -1.95. The molecular formula is C44H82ClNO14. The highest BCUT2D eigenvalue weighted by atomic mass is 35.5. The van der Waals surface area contributed by atoms with Crippen molar-refractivity contribution in [2.24, 2.45) is 23.5 Å². The van der Waals surface area contributed by atoms with Gasteiger partial charge < -0.3 is 59.0 Å². The second-order valence-corrected chi connectivity index (χ2v) is 19.4. The molecule has 4 saturated heterocycles. The lowest BCUT2D eigenvalue weighted by Crippen LogP contribution is -2.39. The summed E-state index contributed by atoms with van der Waals surface area (Å²) in [6.07, 6.45) is 7.72. The molecular weight excluding hydrogens is 802 g/mol. The second-order valence-electron chi connectivity index (χ2n) is 19.4. The maximum atomic E-state index is 11.6. The van der Waals surface area contributed by atoms with Crippen molar-refractivity contribution in [1.82, 2.24) is 0 Å². The Morgan fingerprint density at radius 1 is 0.600 bits per heavy atom. The van der Waals surface area contributed by atoms with Crippen molar-refractivity contribution >= 4 is 36.6 Å². The number of rotatable bonds is 10. The number of esters is 3. The maximum Gasteiger partial charge on any atom is 0.306 e. The molecule has 0 saturated carbocycles. The summed E-state index contributed by atoms with van der Waals surface area (Å²) in [7, 11) is 0. The van der Waals surface area contributed by atoms with E-state index >= 15 is 0 Å². The summed E-state index contributed by atoms with van der Waals surface area (Å²) in [6.45, 7) is 22.5. The Kier molecular flexibility index (Phi) is 27.7. The van der Waals surface area contributed by atoms with Gasteiger partial charge in [-0.15, -0.1) is 12.4 Å². The summed E-state index contributed by atoms with van der Waals surface area (Å²) < 4.78 is 37.3. The molecule has 0 amide bonds. The Bertz CT molecular complexity index is 1180. The van der Waals surface area contributed by atoms with Crippen LogP contribution in [0, 0.1) is 17.8 Å². The van der Waals surface area contributed by atoms with Crippen molar-refractivity contribution < 1.29 is 67.7 Å². The molecule has 0 bridgehead atoms. The molecule has 16 heteroatoms. The standard InChI is InChI=1S/C13H24O4.C12H22O4.C12H20O4.C7H15NO2.ClH/c1-9(14)11-6-5-10(8-16-11)7-12(15)17-13(2,3)4;2*1-12(2,3)16-11(14)6-9-4-5-10(7-13)15-8-9;1-5(9)7-3-2-6(8)4-10-7;/h9-11,14H,5-8H2,1-4H3;9-10,13H,4-8H2,1-3H3;7,9-10H,4-6,8H2,1-3H3;5-7,9H,2-4,8H2,1H3;1H/t9?,10-,11-;2*9-,10-;5?,6-,7+;/m0001./s1. The van der Waals surface area contributed by atoms with Gasteiger partial charge in [0.2, 0.25) is 0 Å². The van der Waals surface area contributed by atoms with Crippen LogP contribution in [0.3, 0.4) is 0 Å². The van der Waals surface area contributed by atoms with Gasteiger partial charge in [0.05, 0.1) is 82.8 Å². The maximum absolute atomic E-state index is 11.6. The molecule has 5 N–H and O–H groups in total. The van der Waals surface area contributed by atoms with E-state index < -0.39 is 22.9 Å². The average molecular weight is 885 g/mol. The first kappa shape index (κ1) is 58.0. The second kappa shape index (κ2) is 28.7. The van der Waals surface area contributed by atoms with Gasteiger partial charge in [-0.25, -0.2) is 0 Å². The summed E-state index contributed by atoms with van der Waals surface area (Å²) >= 11 is 0. The molecule has 2 unspecified atom stereocenters. The number of aldehydes is 1. The molecule has 4 aliphatic rings. The number of hydrogen-bond acceptors (Lipinski definition) is 15. The number of hydrogen-bond donors (Lipinski definition) is 4. The molecule has 0 spiro atoms. The fraction of sp³-hybridized carbons (Fsp3) is 0.909.